The van der Waals surface area contributed by atoms with Crippen molar-refractivity contribution in [3.63, 3.8) is 0 Å². The summed E-state index contributed by atoms with van der Waals surface area (Å²) in [6.07, 6.45) is 9.51. The van der Waals surface area contributed by atoms with E-state index in [4.69, 9.17) is 16.3 Å². The SMILES string of the molecule is Clc1cnccc1CC1(CNC2CC2)CCOCC1. The maximum Gasteiger partial charge on any atom is 0.0621 e. The minimum atomic E-state index is 0.297. The second kappa shape index (κ2) is 5.78. The zero-order chi connectivity index (χ0) is 13.1. The Hall–Kier alpha value is -0.640. The lowest BCUT2D eigenvalue weighted by Gasteiger charge is -2.38. The Labute approximate surface area is 119 Å². The molecule has 1 aromatic rings. The summed E-state index contributed by atoms with van der Waals surface area (Å²) in [5.41, 5.74) is 1.52. The molecule has 0 bridgehead atoms. The number of pyridine rings is 1. The van der Waals surface area contributed by atoms with Gasteiger partial charge in [-0.25, -0.2) is 0 Å². The number of nitrogens with one attached hydrogen (secondary N) is 1. The highest BCUT2D eigenvalue weighted by Crippen LogP contribution is 2.36. The molecule has 104 valence electrons. The number of hydrogen-bond donors (Lipinski definition) is 1. The second-order valence-corrected chi connectivity index (χ2v) is 6.32. The zero-order valence-electron chi connectivity index (χ0n) is 11.2. The van der Waals surface area contributed by atoms with E-state index in [1.165, 1.54) is 18.4 Å². The average molecular weight is 281 g/mol. The smallest absolute Gasteiger partial charge is 0.0621 e. The van der Waals surface area contributed by atoms with Crippen molar-refractivity contribution in [3.05, 3.63) is 29.0 Å². The third-order valence-electron chi connectivity index (χ3n) is 4.32. The molecule has 1 N–H and O–H groups in total. The first-order valence-electron chi connectivity index (χ1n) is 7.17. The van der Waals surface area contributed by atoms with Crippen LogP contribution in [0.15, 0.2) is 18.5 Å². The van der Waals surface area contributed by atoms with E-state index < -0.39 is 0 Å². The fraction of sp³-hybridized carbons (Fsp3) is 0.667. The van der Waals surface area contributed by atoms with Gasteiger partial charge in [-0.2, -0.15) is 0 Å². The quantitative estimate of drug-likeness (QED) is 0.901. The van der Waals surface area contributed by atoms with E-state index in [9.17, 15) is 0 Å². The number of halogens is 1. The molecule has 0 amide bonds. The molecule has 0 atom stereocenters. The molecule has 4 heteroatoms. The van der Waals surface area contributed by atoms with Crippen LogP contribution in [0.2, 0.25) is 5.02 Å². The molecule has 3 rings (SSSR count). The van der Waals surface area contributed by atoms with E-state index in [2.05, 4.69) is 16.4 Å². The highest BCUT2D eigenvalue weighted by Gasteiger charge is 2.35. The summed E-state index contributed by atoms with van der Waals surface area (Å²) in [7, 11) is 0. The fourth-order valence-corrected chi connectivity index (χ4v) is 3.01. The molecule has 3 nitrogen and oxygen atoms in total. The van der Waals surface area contributed by atoms with Crippen molar-refractivity contribution in [3.8, 4) is 0 Å². The van der Waals surface area contributed by atoms with Crippen LogP contribution >= 0.6 is 11.6 Å². The zero-order valence-corrected chi connectivity index (χ0v) is 12.0. The lowest BCUT2D eigenvalue weighted by molar-refractivity contribution is 0.0147. The van der Waals surface area contributed by atoms with Gasteiger partial charge in [0, 0.05) is 38.2 Å². The van der Waals surface area contributed by atoms with Crippen molar-refractivity contribution < 1.29 is 4.74 Å². The van der Waals surface area contributed by atoms with E-state index in [-0.39, 0.29) is 0 Å². The second-order valence-electron chi connectivity index (χ2n) is 5.91. The molecule has 0 unspecified atom stereocenters. The van der Waals surface area contributed by atoms with E-state index in [0.717, 1.165) is 50.1 Å². The first-order valence-corrected chi connectivity index (χ1v) is 7.55. The summed E-state index contributed by atoms with van der Waals surface area (Å²) in [5.74, 6) is 0. The van der Waals surface area contributed by atoms with Crippen molar-refractivity contribution in [1.29, 1.82) is 0 Å². The number of hydrogen-bond acceptors (Lipinski definition) is 3. The number of ether oxygens (including phenoxy) is 1. The van der Waals surface area contributed by atoms with Crippen LogP contribution in [-0.2, 0) is 11.2 Å². The van der Waals surface area contributed by atoms with Gasteiger partial charge in [0.2, 0.25) is 0 Å². The molecule has 0 radical (unpaired) electrons. The van der Waals surface area contributed by atoms with Gasteiger partial charge in [0.25, 0.3) is 0 Å². The van der Waals surface area contributed by atoms with E-state index in [1.807, 2.05) is 6.20 Å². The fourth-order valence-electron chi connectivity index (χ4n) is 2.82. The Morgan fingerprint density at radius 1 is 1.37 bits per heavy atom. The number of aromatic nitrogens is 1. The van der Waals surface area contributed by atoms with Crippen LogP contribution in [0.3, 0.4) is 0 Å². The molecule has 2 aliphatic rings. The lowest BCUT2D eigenvalue weighted by Crippen LogP contribution is -2.41. The van der Waals surface area contributed by atoms with Crippen LogP contribution in [0.25, 0.3) is 0 Å². The molecule has 19 heavy (non-hydrogen) atoms. The Balaban J connectivity index is 1.72. The summed E-state index contributed by atoms with van der Waals surface area (Å²) in [4.78, 5) is 4.07. The lowest BCUT2D eigenvalue weighted by atomic mass is 9.75. The predicted octanol–water partition coefficient (Wildman–Crippen LogP) is 2.83. The highest BCUT2D eigenvalue weighted by atomic mass is 35.5. The van der Waals surface area contributed by atoms with Gasteiger partial charge in [-0.05, 0) is 49.1 Å². The van der Waals surface area contributed by atoms with Crippen molar-refractivity contribution in [2.45, 2.75) is 38.1 Å². The number of rotatable bonds is 5. The van der Waals surface area contributed by atoms with Gasteiger partial charge < -0.3 is 10.1 Å². The molecule has 2 heterocycles. The van der Waals surface area contributed by atoms with Crippen molar-refractivity contribution in [2.75, 3.05) is 19.8 Å². The van der Waals surface area contributed by atoms with Gasteiger partial charge in [-0.15, -0.1) is 0 Å². The molecule has 0 spiro atoms. The minimum absolute atomic E-state index is 0.297. The largest absolute Gasteiger partial charge is 0.381 e. The average Bonchev–Trinajstić information content (AvgIpc) is 3.25. The van der Waals surface area contributed by atoms with Gasteiger partial charge in [0.05, 0.1) is 5.02 Å². The summed E-state index contributed by atoms with van der Waals surface area (Å²) in [6.45, 7) is 2.82. The molecule has 1 saturated heterocycles. The maximum atomic E-state index is 6.27. The Morgan fingerprint density at radius 2 is 2.16 bits per heavy atom. The highest BCUT2D eigenvalue weighted by molar-refractivity contribution is 6.31. The molecule has 1 aliphatic heterocycles. The molecule has 2 fully saturated rings. The molecule has 1 aromatic heterocycles. The van der Waals surface area contributed by atoms with Gasteiger partial charge >= 0.3 is 0 Å². The monoisotopic (exact) mass is 280 g/mol. The van der Waals surface area contributed by atoms with Crippen LogP contribution in [0.5, 0.6) is 0 Å². The van der Waals surface area contributed by atoms with Crippen molar-refractivity contribution >= 4 is 11.6 Å². The molecular formula is C15H21ClN2O. The van der Waals surface area contributed by atoms with Gasteiger partial charge in [0.15, 0.2) is 0 Å². The molecule has 1 aliphatic carbocycles. The summed E-state index contributed by atoms with van der Waals surface area (Å²) < 4.78 is 5.54. The standard InChI is InChI=1S/C15H21ClN2O/c16-14-10-17-6-3-12(14)9-15(4-7-19-8-5-15)11-18-13-1-2-13/h3,6,10,13,18H,1-2,4-5,7-9,11H2. The summed E-state index contributed by atoms with van der Waals surface area (Å²) in [5, 5.41) is 4.48. The summed E-state index contributed by atoms with van der Waals surface area (Å²) >= 11 is 6.27. The summed E-state index contributed by atoms with van der Waals surface area (Å²) in [6, 6.07) is 2.81. The molecule has 0 aromatic carbocycles. The van der Waals surface area contributed by atoms with Crippen LogP contribution in [0.1, 0.15) is 31.2 Å². The predicted molar refractivity (Wildman–Crippen MR) is 76.5 cm³/mol. The van der Waals surface area contributed by atoms with Gasteiger partial charge in [-0.1, -0.05) is 11.6 Å². The van der Waals surface area contributed by atoms with Crippen molar-refractivity contribution in [1.82, 2.24) is 10.3 Å². The van der Waals surface area contributed by atoms with Crippen molar-refractivity contribution in [2.24, 2.45) is 5.41 Å². The molecular weight excluding hydrogens is 260 g/mol. The third-order valence-corrected chi connectivity index (χ3v) is 4.66. The van der Waals surface area contributed by atoms with E-state index in [0.29, 0.717) is 5.41 Å². The van der Waals surface area contributed by atoms with Gasteiger partial charge in [-0.3, -0.25) is 4.98 Å². The Morgan fingerprint density at radius 3 is 2.84 bits per heavy atom. The van der Waals surface area contributed by atoms with E-state index >= 15 is 0 Å². The third kappa shape index (κ3) is 3.47. The van der Waals surface area contributed by atoms with Gasteiger partial charge in [0.1, 0.15) is 0 Å². The number of nitrogens with zero attached hydrogens (tertiary/aromatic N) is 1. The maximum absolute atomic E-state index is 6.27. The van der Waals surface area contributed by atoms with Crippen LogP contribution < -0.4 is 5.32 Å². The Kier molecular flexibility index (Phi) is 4.06. The first-order chi connectivity index (χ1) is 9.27. The van der Waals surface area contributed by atoms with Crippen LogP contribution in [-0.4, -0.2) is 30.8 Å². The molecule has 1 saturated carbocycles. The van der Waals surface area contributed by atoms with E-state index in [1.54, 1.807) is 6.20 Å². The minimum Gasteiger partial charge on any atom is -0.381 e. The van der Waals surface area contributed by atoms with Crippen LogP contribution in [0.4, 0.5) is 0 Å². The van der Waals surface area contributed by atoms with Crippen LogP contribution in [0, 0.1) is 5.41 Å². The normalized spacial score (nSPS) is 22.4. The Bertz CT molecular complexity index is 428. The topological polar surface area (TPSA) is 34.2 Å². The first kappa shape index (κ1) is 13.3.